The third kappa shape index (κ3) is 2.96. The van der Waals surface area contributed by atoms with Gasteiger partial charge in [0.25, 0.3) is 5.56 Å². The van der Waals surface area contributed by atoms with Crippen LogP contribution in [0.2, 0.25) is 0 Å². The van der Waals surface area contributed by atoms with E-state index in [9.17, 15) is 4.79 Å². The van der Waals surface area contributed by atoms with E-state index in [1.807, 2.05) is 19.2 Å². The highest BCUT2D eigenvalue weighted by molar-refractivity contribution is 7.99. The Morgan fingerprint density at radius 3 is 2.89 bits per heavy atom. The smallest absolute Gasteiger partial charge is 0.251 e. The second-order valence-corrected chi connectivity index (χ2v) is 4.73. The van der Waals surface area contributed by atoms with Gasteiger partial charge in [0, 0.05) is 30.1 Å². The summed E-state index contributed by atoms with van der Waals surface area (Å²) >= 11 is 1.35. The van der Waals surface area contributed by atoms with Gasteiger partial charge in [0.05, 0.1) is 0 Å². The largest absolute Gasteiger partial charge is 0.313 e. The lowest BCUT2D eigenvalue weighted by atomic mass is 10.1. The van der Waals surface area contributed by atoms with Gasteiger partial charge in [-0.2, -0.15) is 0 Å². The van der Waals surface area contributed by atoms with Crippen LogP contribution in [0, 0.1) is 0 Å². The Balaban J connectivity index is 2.31. The van der Waals surface area contributed by atoms with Crippen LogP contribution >= 0.6 is 11.8 Å². The lowest BCUT2D eigenvalue weighted by Gasteiger charge is -2.13. The van der Waals surface area contributed by atoms with E-state index in [0.29, 0.717) is 5.16 Å². The predicted octanol–water partition coefficient (Wildman–Crippen LogP) is 1.60. The molecule has 94 valence electrons. The van der Waals surface area contributed by atoms with Crippen molar-refractivity contribution < 1.29 is 0 Å². The number of H-pyrrole nitrogens is 1. The summed E-state index contributed by atoms with van der Waals surface area (Å²) in [5.41, 5.74) is 0.920. The SMILES string of the molecule is CNC(C)c1cccnc1Sc1nccc(=O)[nH]1. The van der Waals surface area contributed by atoms with Gasteiger partial charge in [-0.25, -0.2) is 9.97 Å². The molecule has 0 aliphatic heterocycles. The third-order valence-electron chi connectivity index (χ3n) is 2.54. The third-order valence-corrected chi connectivity index (χ3v) is 3.48. The Bertz CT molecular complexity index is 584. The lowest BCUT2D eigenvalue weighted by Crippen LogP contribution is -2.14. The number of nitrogens with zero attached hydrogens (tertiary/aromatic N) is 2. The van der Waals surface area contributed by atoms with Crippen LogP contribution in [-0.4, -0.2) is 22.0 Å². The first-order valence-electron chi connectivity index (χ1n) is 5.56. The molecule has 2 rings (SSSR count). The normalized spacial score (nSPS) is 12.3. The monoisotopic (exact) mass is 262 g/mol. The summed E-state index contributed by atoms with van der Waals surface area (Å²) in [4.78, 5) is 22.3. The van der Waals surface area contributed by atoms with Crippen LogP contribution in [0.3, 0.4) is 0 Å². The molecule has 6 heteroatoms. The summed E-state index contributed by atoms with van der Waals surface area (Å²) in [5, 5.41) is 4.56. The van der Waals surface area contributed by atoms with Gasteiger partial charge in [-0.1, -0.05) is 6.07 Å². The lowest BCUT2D eigenvalue weighted by molar-refractivity contribution is 0.634. The molecule has 0 spiro atoms. The number of aromatic nitrogens is 3. The first-order valence-corrected chi connectivity index (χ1v) is 6.37. The highest BCUT2D eigenvalue weighted by Crippen LogP contribution is 2.28. The molecular weight excluding hydrogens is 248 g/mol. The maximum absolute atomic E-state index is 11.2. The van der Waals surface area contributed by atoms with Gasteiger partial charge in [-0.15, -0.1) is 0 Å². The highest BCUT2D eigenvalue weighted by atomic mass is 32.2. The summed E-state index contributed by atoms with van der Waals surface area (Å²) < 4.78 is 0. The van der Waals surface area contributed by atoms with Gasteiger partial charge in [-0.05, 0) is 31.8 Å². The van der Waals surface area contributed by atoms with Crippen molar-refractivity contribution in [3.05, 3.63) is 46.5 Å². The first kappa shape index (κ1) is 12.8. The summed E-state index contributed by atoms with van der Waals surface area (Å²) in [6.45, 7) is 2.06. The molecule has 0 amide bonds. The van der Waals surface area contributed by atoms with Gasteiger partial charge in [0.2, 0.25) is 0 Å². The van der Waals surface area contributed by atoms with Crippen LogP contribution < -0.4 is 10.9 Å². The van der Waals surface area contributed by atoms with E-state index in [4.69, 9.17) is 0 Å². The van der Waals surface area contributed by atoms with Gasteiger partial charge in [0.15, 0.2) is 5.16 Å². The molecule has 0 aromatic carbocycles. The second kappa shape index (κ2) is 5.79. The number of hydrogen-bond acceptors (Lipinski definition) is 5. The minimum atomic E-state index is -0.161. The van der Waals surface area contributed by atoms with E-state index in [1.165, 1.54) is 24.0 Å². The zero-order chi connectivity index (χ0) is 13.0. The maximum atomic E-state index is 11.2. The van der Waals surface area contributed by atoms with Gasteiger partial charge in [-0.3, -0.25) is 4.79 Å². The number of pyridine rings is 1. The molecule has 18 heavy (non-hydrogen) atoms. The number of aromatic amines is 1. The van der Waals surface area contributed by atoms with E-state index < -0.39 is 0 Å². The molecule has 0 aliphatic rings. The molecule has 0 bridgehead atoms. The molecule has 0 saturated carbocycles. The Hall–Kier alpha value is -1.66. The van der Waals surface area contributed by atoms with Crippen LogP contribution in [0.1, 0.15) is 18.5 Å². The van der Waals surface area contributed by atoms with Crippen molar-refractivity contribution in [1.82, 2.24) is 20.3 Å². The second-order valence-electron chi connectivity index (χ2n) is 3.75. The number of rotatable bonds is 4. The van der Waals surface area contributed by atoms with Gasteiger partial charge >= 0.3 is 0 Å². The molecule has 0 fully saturated rings. The zero-order valence-corrected chi connectivity index (χ0v) is 11.0. The summed E-state index contributed by atoms with van der Waals surface area (Å²) in [6.07, 6.45) is 3.22. The fourth-order valence-corrected chi connectivity index (χ4v) is 2.39. The zero-order valence-electron chi connectivity index (χ0n) is 10.2. The average molecular weight is 262 g/mol. The van der Waals surface area contributed by atoms with Crippen molar-refractivity contribution in [2.24, 2.45) is 0 Å². The summed E-state index contributed by atoms with van der Waals surface area (Å²) in [6, 6.07) is 5.49. The van der Waals surface area contributed by atoms with Crippen LogP contribution in [0.15, 0.2) is 45.6 Å². The average Bonchev–Trinajstić information content (AvgIpc) is 2.38. The van der Waals surface area contributed by atoms with E-state index in [1.54, 1.807) is 6.20 Å². The van der Waals surface area contributed by atoms with E-state index >= 15 is 0 Å². The van der Waals surface area contributed by atoms with E-state index in [-0.39, 0.29) is 11.6 Å². The minimum Gasteiger partial charge on any atom is -0.313 e. The molecule has 5 nitrogen and oxygen atoms in total. The molecule has 0 saturated heterocycles. The Kier molecular flexibility index (Phi) is 4.11. The standard InChI is InChI=1S/C12H14N4OS/c1-8(13-2)9-4-3-6-14-11(9)18-12-15-7-5-10(17)16-12/h3-8,13H,1-2H3,(H,15,16,17). The Morgan fingerprint density at radius 2 is 2.17 bits per heavy atom. The maximum Gasteiger partial charge on any atom is 0.251 e. The van der Waals surface area contributed by atoms with E-state index in [2.05, 4.69) is 27.2 Å². The molecule has 2 N–H and O–H groups in total. The van der Waals surface area contributed by atoms with Crippen molar-refractivity contribution >= 4 is 11.8 Å². The van der Waals surface area contributed by atoms with Crippen LogP contribution in [0.4, 0.5) is 0 Å². The van der Waals surface area contributed by atoms with Crippen molar-refractivity contribution in [2.75, 3.05) is 7.05 Å². The Labute approximate surface area is 109 Å². The summed E-state index contributed by atoms with van der Waals surface area (Å²) in [5.74, 6) is 0. The van der Waals surface area contributed by atoms with Gasteiger partial charge in [0.1, 0.15) is 5.03 Å². The molecule has 2 heterocycles. The van der Waals surface area contributed by atoms with Crippen LogP contribution in [-0.2, 0) is 0 Å². The molecule has 0 radical (unpaired) electrons. The van der Waals surface area contributed by atoms with E-state index in [0.717, 1.165) is 10.6 Å². The van der Waals surface area contributed by atoms with Gasteiger partial charge < -0.3 is 10.3 Å². The van der Waals surface area contributed by atoms with Crippen molar-refractivity contribution in [2.45, 2.75) is 23.1 Å². The molecule has 1 unspecified atom stereocenters. The first-order chi connectivity index (χ1) is 8.70. The molecule has 2 aromatic rings. The fourth-order valence-electron chi connectivity index (χ4n) is 1.47. The van der Waals surface area contributed by atoms with Crippen LogP contribution in [0.5, 0.6) is 0 Å². The topological polar surface area (TPSA) is 70.7 Å². The van der Waals surface area contributed by atoms with Crippen molar-refractivity contribution in [1.29, 1.82) is 0 Å². The molecular formula is C12H14N4OS. The van der Waals surface area contributed by atoms with Crippen molar-refractivity contribution in [3.8, 4) is 0 Å². The highest BCUT2D eigenvalue weighted by Gasteiger charge is 2.11. The number of nitrogens with one attached hydrogen (secondary N) is 2. The van der Waals surface area contributed by atoms with Crippen LogP contribution in [0.25, 0.3) is 0 Å². The Morgan fingerprint density at radius 1 is 1.33 bits per heavy atom. The predicted molar refractivity (Wildman–Crippen MR) is 70.7 cm³/mol. The van der Waals surface area contributed by atoms with Crippen molar-refractivity contribution in [3.63, 3.8) is 0 Å². The molecule has 1 atom stereocenters. The summed E-state index contributed by atoms with van der Waals surface area (Å²) in [7, 11) is 1.90. The quantitative estimate of drug-likeness (QED) is 0.819. The minimum absolute atomic E-state index is 0.161. The fraction of sp³-hybridized carbons (Fsp3) is 0.250. The molecule has 2 aromatic heterocycles. The number of hydrogen-bond donors (Lipinski definition) is 2. The molecule has 0 aliphatic carbocycles.